The van der Waals surface area contributed by atoms with Gasteiger partial charge < -0.3 is 10.9 Å². The molecule has 0 spiro atoms. The SMILES string of the molecule is CCCOC(=O)CC.N.N=C=O.N=C=O. The molecule has 0 amide bonds. The van der Waals surface area contributed by atoms with Crippen LogP contribution in [0, 0.1) is 10.8 Å². The third kappa shape index (κ3) is 72.1. The maximum atomic E-state index is 10.3. The molecule has 0 aliphatic heterocycles. The molecule has 0 aromatic carbocycles. The predicted molar refractivity (Wildman–Crippen MR) is 53.4 cm³/mol. The summed E-state index contributed by atoms with van der Waals surface area (Å²) >= 11 is 0. The average Bonchev–Trinajstić information content (AvgIpc) is 2.16. The molecule has 0 aromatic rings. The molecule has 0 saturated carbocycles. The van der Waals surface area contributed by atoms with Crippen molar-refractivity contribution in [3.8, 4) is 0 Å². The lowest BCUT2D eigenvalue weighted by atomic mass is 10.5. The van der Waals surface area contributed by atoms with Crippen LogP contribution in [0.4, 0.5) is 0 Å². The van der Waals surface area contributed by atoms with E-state index in [1.165, 1.54) is 0 Å². The summed E-state index contributed by atoms with van der Waals surface area (Å²) in [7, 11) is 0. The Morgan fingerprint density at radius 1 is 1.20 bits per heavy atom. The Kier molecular flexibility index (Phi) is 45.7. The van der Waals surface area contributed by atoms with E-state index in [1.54, 1.807) is 6.92 Å². The summed E-state index contributed by atoms with van der Waals surface area (Å²) in [6.45, 7) is 4.33. The van der Waals surface area contributed by atoms with E-state index in [0.717, 1.165) is 18.6 Å². The van der Waals surface area contributed by atoms with E-state index in [2.05, 4.69) is 0 Å². The topological polar surface area (TPSA) is 143 Å². The normalized spacial score (nSPS) is 5.73. The molecule has 0 aliphatic carbocycles. The van der Waals surface area contributed by atoms with Gasteiger partial charge in [-0.3, -0.25) is 4.79 Å². The van der Waals surface area contributed by atoms with Crippen molar-refractivity contribution in [3.05, 3.63) is 0 Å². The molecule has 0 rings (SSSR count). The number of rotatable bonds is 3. The van der Waals surface area contributed by atoms with E-state index in [9.17, 15) is 4.79 Å². The van der Waals surface area contributed by atoms with Crippen molar-refractivity contribution in [1.29, 1.82) is 10.8 Å². The second kappa shape index (κ2) is 29.5. The molecule has 0 aromatic heterocycles. The summed E-state index contributed by atoms with van der Waals surface area (Å²) in [4.78, 5) is 27.0. The number of isocyanates is 2. The molecule has 0 bridgehead atoms. The summed E-state index contributed by atoms with van der Waals surface area (Å²) in [5.74, 6) is -0.105. The molecule has 15 heavy (non-hydrogen) atoms. The summed E-state index contributed by atoms with van der Waals surface area (Å²) in [6.07, 6.45) is 2.89. The Labute approximate surface area is 88.4 Å². The van der Waals surface area contributed by atoms with E-state index < -0.39 is 0 Å². The minimum atomic E-state index is -0.105. The van der Waals surface area contributed by atoms with Crippen LogP contribution in [-0.4, -0.2) is 24.7 Å². The Morgan fingerprint density at radius 2 is 1.53 bits per heavy atom. The average molecular weight is 219 g/mol. The molecule has 0 unspecified atom stereocenters. The second-order valence-electron chi connectivity index (χ2n) is 1.78. The summed E-state index contributed by atoms with van der Waals surface area (Å²) in [6, 6.07) is 0. The van der Waals surface area contributed by atoms with Crippen LogP contribution in [0.3, 0.4) is 0 Å². The first kappa shape index (κ1) is 23.2. The van der Waals surface area contributed by atoms with Gasteiger partial charge in [-0.15, -0.1) is 0 Å². The van der Waals surface area contributed by atoms with Crippen LogP contribution in [0.1, 0.15) is 26.7 Å². The van der Waals surface area contributed by atoms with Gasteiger partial charge in [0, 0.05) is 6.42 Å². The lowest BCUT2D eigenvalue weighted by Crippen LogP contribution is -2.02. The molecule has 0 radical (unpaired) electrons. The van der Waals surface area contributed by atoms with Crippen molar-refractivity contribution >= 4 is 18.1 Å². The van der Waals surface area contributed by atoms with Gasteiger partial charge in [0.25, 0.3) is 0 Å². The third-order valence-electron chi connectivity index (χ3n) is 0.756. The van der Waals surface area contributed by atoms with E-state index in [1.807, 2.05) is 6.92 Å². The number of hydrogen-bond donors (Lipinski definition) is 3. The van der Waals surface area contributed by atoms with Crippen molar-refractivity contribution < 1.29 is 19.1 Å². The van der Waals surface area contributed by atoms with Crippen LogP contribution in [0.5, 0.6) is 0 Å². The monoisotopic (exact) mass is 219 g/mol. The zero-order valence-corrected chi connectivity index (χ0v) is 8.96. The van der Waals surface area contributed by atoms with Crippen LogP contribution in [0.25, 0.3) is 0 Å². The van der Waals surface area contributed by atoms with Crippen LogP contribution in [-0.2, 0) is 19.1 Å². The zero-order chi connectivity index (χ0) is 11.8. The number of hydrogen-bond acceptors (Lipinski definition) is 7. The molecular formula is C8H17N3O4. The number of carbonyl (C=O) groups is 1. The van der Waals surface area contributed by atoms with Crippen molar-refractivity contribution in [3.63, 3.8) is 0 Å². The van der Waals surface area contributed by atoms with Gasteiger partial charge in [0.05, 0.1) is 6.61 Å². The van der Waals surface area contributed by atoms with E-state index in [0.29, 0.717) is 13.0 Å². The van der Waals surface area contributed by atoms with Crippen LogP contribution < -0.4 is 6.15 Å². The van der Waals surface area contributed by atoms with E-state index in [-0.39, 0.29) is 12.1 Å². The Morgan fingerprint density at radius 3 is 1.73 bits per heavy atom. The first-order chi connectivity index (χ1) is 6.64. The van der Waals surface area contributed by atoms with Gasteiger partial charge in [0.15, 0.2) is 0 Å². The lowest BCUT2D eigenvalue weighted by Gasteiger charge is -1.97. The molecule has 7 nitrogen and oxygen atoms in total. The molecule has 0 saturated heterocycles. The number of carbonyl (C=O) groups excluding carboxylic acids is 3. The maximum absolute atomic E-state index is 10.3. The van der Waals surface area contributed by atoms with Gasteiger partial charge in [-0.1, -0.05) is 13.8 Å². The Hall–Kier alpha value is -1.81. The minimum Gasteiger partial charge on any atom is -0.466 e. The second-order valence-corrected chi connectivity index (χ2v) is 1.78. The summed E-state index contributed by atoms with van der Waals surface area (Å²) < 4.78 is 4.70. The predicted octanol–water partition coefficient (Wildman–Crippen LogP) is 1.31. The quantitative estimate of drug-likeness (QED) is 0.372. The zero-order valence-electron chi connectivity index (χ0n) is 8.96. The van der Waals surface area contributed by atoms with Gasteiger partial charge in [-0.25, -0.2) is 20.4 Å². The molecule has 88 valence electrons. The minimum absolute atomic E-state index is 0. The largest absolute Gasteiger partial charge is 0.466 e. The first-order valence-corrected chi connectivity index (χ1v) is 3.87. The number of nitrogens with one attached hydrogen (secondary N) is 2. The smallest absolute Gasteiger partial charge is 0.305 e. The van der Waals surface area contributed by atoms with Crippen molar-refractivity contribution in [2.24, 2.45) is 0 Å². The van der Waals surface area contributed by atoms with Gasteiger partial charge in [-0.05, 0) is 6.42 Å². The molecule has 5 N–H and O–H groups in total. The maximum Gasteiger partial charge on any atom is 0.305 e. The van der Waals surface area contributed by atoms with Crippen molar-refractivity contribution in [2.45, 2.75) is 26.7 Å². The van der Waals surface area contributed by atoms with Gasteiger partial charge in [0.2, 0.25) is 12.2 Å². The van der Waals surface area contributed by atoms with E-state index in [4.69, 9.17) is 25.1 Å². The molecular weight excluding hydrogens is 202 g/mol. The van der Waals surface area contributed by atoms with Crippen LogP contribution in [0.15, 0.2) is 0 Å². The molecule has 0 aliphatic rings. The highest BCUT2D eigenvalue weighted by atomic mass is 16.5. The Bertz CT molecular complexity index is 182. The fourth-order valence-electron chi connectivity index (χ4n) is 0.318. The molecule has 7 heteroatoms. The molecule has 0 fully saturated rings. The number of ether oxygens (including phenoxy) is 1. The molecule has 0 atom stereocenters. The van der Waals surface area contributed by atoms with Crippen LogP contribution in [0.2, 0.25) is 0 Å². The van der Waals surface area contributed by atoms with Crippen LogP contribution >= 0.6 is 0 Å². The number of esters is 1. The summed E-state index contributed by atoms with van der Waals surface area (Å²) in [5, 5.41) is 10.8. The van der Waals surface area contributed by atoms with Crippen molar-refractivity contribution in [1.82, 2.24) is 6.15 Å². The fourth-order valence-corrected chi connectivity index (χ4v) is 0.318. The van der Waals surface area contributed by atoms with Gasteiger partial charge in [0.1, 0.15) is 0 Å². The van der Waals surface area contributed by atoms with Gasteiger partial charge >= 0.3 is 5.97 Å². The Balaban J connectivity index is -0.0000000733. The summed E-state index contributed by atoms with van der Waals surface area (Å²) in [5.41, 5.74) is 0. The fraction of sp³-hybridized carbons (Fsp3) is 0.625. The third-order valence-corrected chi connectivity index (χ3v) is 0.756. The standard InChI is InChI=1S/C6H12O2.2CHNO.H3N/c1-3-5-8-6(7)4-2;2*2-1-3;/h3-5H2,1-2H3;2*2H;1H3. The van der Waals surface area contributed by atoms with Gasteiger partial charge in [-0.2, -0.15) is 0 Å². The highest BCUT2D eigenvalue weighted by molar-refractivity contribution is 5.68. The molecule has 0 heterocycles. The highest BCUT2D eigenvalue weighted by Crippen LogP contribution is 1.85. The first-order valence-electron chi connectivity index (χ1n) is 3.87. The van der Waals surface area contributed by atoms with Crippen molar-refractivity contribution in [2.75, 3.05) is 6.61 Å². The van der Waals surface area contributed by atoms with E-state index >= 15 is 0 Å². The lowest BCUT2D eigenvalue weighted by molar-refractivity contribution is -0.143. The highest BCUT2D eigenvalue weighted by Gasteiger charge is 1.93.